The Morgan fingerprint density at radius 2 is 2.00 bits per heavy atom. The molecule has 0 amide bonds. The van der Waals surface area contributed by atoms with Crippen LogP contribution < -0.4 is 0 Å². The van der Waals surface area contributed by atoms with Crippen molar-refractivity contribution in [1.82, 2.24) is 9.88 Å². The lowest BCUT2D eigenvalue weighted by atomic mass is 9.66. The van der Waals surface area contributed by atoms with Crippen LogP contribution in [-0.4, -0.2) is 40.7 Å². The van der Waals surface area contributed by atoms with Crippen molar-refractivity contribution < 1.29 is 5.11 Å². The van der Waals surface area contributed by atoms with Gasteiger partial charge < -0.3 is 5.11 Å². The van der Waals surface area contributed by atoms with E-state index in [1.807, 2.05) is 23.6 Å². The van der Waals surface area contributed by atoms with Crippen LogP contribution >= 0.6 is 11.3 Å². The van der Waals surface area contributed by atoms with Gasteiger partial charge in [-0.15, -0.1) is 11.3 Å². The maximum absolute atomic E-state index is 11.8. The van der Waals surface area contributed by atoms with E-state index in [0.29, 0.717) is 5.92 Å². The zero-order valence-electron chi connectivity index (χ0n) is 20.5. The molecular formula is C30H38N2OS. The molecule has 180 valence electrons. The van der Waals surface area contributed by atoms with Gasteiger partial charge in [-0.05, 0) is 84.7 Å². The smallest absolute Gasteiger partial charge is 0.0680 e. The number of benzene rings is 1. The fourth-order valence-electron chi connectivity index (χ4n) is 6.32. The number of rotatable bonds is 8. The Kier molecular flexibility index (Phi) is 7.48. The van der Waals surface area contributed by atoms with E-state index in [4.69, 9.17) is 4.98 Å². The molecule has 5 rings (SSSR count). The number of pyridine rings is 1. The van der Waals surface area contributed by atoms with E-state index < -0.39 is 0 Å². The molecular weight excluding hydrogens is 436 g/mol. The molecule has 1 aliphatic heterocycles. The Balaban J connectivity index is 1.32. The predicted molar refractivity (Wildman–Crippen MR) is 144 cm³/mol. The van der Waals surface area contributed by atoms with Gasteiger partial charge in [0.25, 0.3) is 0 Å². The lowest BCUT2D eigenvalue weighted by Crippen LogP contribution is -2.47. The largest absolute Gasteiger partial charge is 0.392 e. The molecule has 1 fully saturated rings. The first-order valence-electron chi connectivity index (χ1n) is 13.2. The van der Waals surface area contributed by atoms with Gasteiger partial charge in [0.05, 0.1) is 6.10 Å². The SMILES string of the molecule is CCC(CCN1CC=C(c2cccc3ccsc23)CC1)(c1ccccn1)C(O)C1CCCCC1. The van der Waals surface area contributed by atoms with Crippen LogP contribution in [0.25, 0.3) is 15.7 Å². The maximum Gasteiger partial charge on any atom is 0.0680 e. The minimum absolute atomic E-state index is 0.268. The summed E-state index contributed by atoms with van der Waals surface area (Å²) in [6.07, 6.45) is 13.1. The van der Waals surface area contributed by atoms with Gasteiger partial charge in [0.2, 0.25) is 0 Å². The number of hydrogen-bond acceptors (Lipinski definition) is 4. The first-order chi connectivity index (χ1) is 16.7. The van der Waals surface area contributed by atoms with Crippen molar-refractivity contribution in [2.24, 2.45) is 5.92 Å². The summed E-state index contributed by atoms with van der Waals surface area (Å²) in [4.78, 5) is 7.36. The highest BCUT2D eigenvalue weighted by Crippen LogP contribution is 2.42. The molecule has 0 bridgehead atoms. The Morgan fingerprint density at radius 1 is 1.12 bits per heavy atom. The lowest BCUT2D eigenvalue weighted by Gasteiger charge is -2.43. The Bertz CT molecular complexity index is 1100. The molecule has 2 aliphatic rings. The van der Waals surface area contributed by atoms with Crippen molar-refractivity contribution in [1.29, 1.82) is 0 Å². The summed E-state index contributed by atoms with van der Waals surface area (Å²) in [5.41, 5.74) is 3.71. The normalized spacial score (nSPS) is 20.7. The Morgan fingerprint density at radius 3 is 2.74 bits per heavy atom. The second kappa shape index (κ2) is 10.7. The summed E-state index contributed by atoms with van der Waals surface area (Å²) in [5, 5.41) is 15.3. The third-order valence-electron chi connectivity index (χ3n) is 8.46. The second-order valence-corrected chi connectivity index (χ2v) is 11.2. The number of aromatic nitrogens is 1. The van der Waals surface area contributed by atoms with E-state index in [1.54, 1.807) is 0 Å². The highest BCUT2D eigenvalue weighted by Gasteiger charge is 2.43. The highest BCUT2D eigenvalue weighted by atomic mass is 32.1. The summed E-state index contributed by atoms with van der Waals surface area (Å²) in [6, 6.07) is 15.1. The van der Waals surface area contributed by atoms with E-state index in [-0.39, 0.29) is 11.5 Å². The van der Waals surface area contributed by atoms with Gasteiger partial charge in [-0.3, -0.25) is 9.88 Å². The summed E-state index contributed by atoms with van der Waals surface area (Å²) in [6.45, 7) is 5.31. The fourth-order valence-corrected chi connectivity index (χ4v) is 7.26. The minimum atomic E-state index is -0.319. The van der Waals surface area contributed by atoms with Crippen LogP contribution in [0.1, 0.15) is 69.5 Å². The van der Waals surface area contributed by atoms with Gasteiger partial charge in [0.15, 0.2) is 0 Å². The number of aliphatic hydroxyl groups is 1. The van der Waals surface area contributed by atoms with Crippen LogP contribution in [0.3, 0.4) is 0 Å². The molecule has 0 radical (unpaired) electrons. The van der Waals surface area contributed by atoms with Gasteiger partial charge in [-0.2, -0.15) is 0 Å². The van der Waals surface area contributed by atoms with Crippen LogP contribution in [0.5, 0.6) is 0 Å². The van der Waals surface area contributed by atoms with Crippen LogP contribution in [-0.2, 0) is 5.41 Å². The standard InChI is InChI=1S/C30H38N2OS/c1-2-30(27-13-6-7-18-31-27,29(33)25-9-4-3-5-10-25)17-21-32-19-14-23(15-20-32)26-12-8-11-24-16-22-34-28(24)26/h6-8,11-14,16,18,22,25,29,33H,2-5,9-10,15,17,19-21H2,1H3. The maximum atomic E-state index is 11.8. The van der Waals surface area contributed by atoms with Crippen LogP contribution in [0.2, 0.25) is 0 Å². The van der Waals surface area contributed by atoms with E-state index in [1.165, 1.54) is 40.5 Å². The van der Waals surface area contributed by atoms with E-state index in [2.05, 4.69) is 59.7 Å². The predicted octanol–water partition coefficient (Wildman–Crippen LogP) is 7.06. The monoisotopic (exact) mass is 474 g/mol. The van der Waals surface area contributed by atoms with Gasteiger partial charge in [0, 0.05) is 35.1 Å². The van der Waals surface area contributed by atoms with Gasteiger partial charge in [0.1, 0.15) is 0 Å². The molecule has 2 aromatic heterocycles. The first-order valence-corrected chi connectivity index (χ1v) is 14.1. The van der Waals surface area contributed by atoms with Crippen molar-refractivity contribution >= 4 is 27.0 Å². The number of thiophene rings is 1. The summed E-state index contributed by atoms with van der Waals surface area (Å²) in [5.74, 6) is 0.398. The molecule has 4 heteroatoms. The van der Waals surface area contributed by atoms with Crippen molar-refractivity contribution in [2.75, 3.05) is 19.6 Å². The molecule has 2 atom stereocenters. The highest BCUT2D eigenvalue weighted by molar-refractivity contribution is 7.17. The average Bonchev–Trinajstić information content (AvgIpc) is 3.40. The van der Waals surface area contributed by atoms with Crippen LogP contribution in [0.4, 0.5) is 0 Å². The number of fused-ring (bicyclic) bond motifs is 1. The molecule has 34 heavy (non-hydrogen) atoms. The van der Waals surface area contributed by atoms with Crippen LogP contribution in [0.15, 0.2) is 60.1 Å². The molecule has 1 aliphatic carbocycles. The molecule has 1 N–H and O–H groups in total. The fraction of sp³-hybridized carbons (Fsp3) is 0.500. The zero-order valence-corrected chi connectivity index (χ0v) is 21.3. The third kappa shape index (κ3) is 4.73. The molecule has 0 saturated heterocycles. The second-order valence-electron chi connectivity index (χ2n) is 10.2. The molecule has 0 spiro atoms. The van der Waals surface area contributed by atoms with Crippen molar-refractivity contribution in [3.63, 3.8) is 0 Å². The number of hydrogen-bond donors (Lipinski definition) is 1. The van der Waals surface area contributed by atoms with Crippen LogP contribution in [0, 0.1) is 5.92 Å². The quantitative estimate of drug-likeness (QED) is 0.379. The topological polar surface area (TPSA) is 36.4 Å². The molecule has 3 heterocycles. The first kappa shape index (κ1) is 23.7. The van der Waals surface area contributed by atoms with E-state index in [9.17, 15) is 5.11 Å². The van der Waals surface area contributed by atoms with Crippen molar-refractivity contribution in [2.45, 2.75) is 69.8 Å². The van der Waals surface area contributed by atoms with Gasteiger partial charge >= 0.3 is 0 Å². The van der Waals surface area contributed by atoms with Gasteiger partial charge in [-0.25, -0.2) is 0 Å². The van der Waals surface area contributed by atoms with E-state index >= 15 is 0 Å². The average molecular weight is 475 g/mol. The number of nitrogens with zero attached hydrogens (tertiary/aromatic N) is 2. The Labute approximate surface area is 208 Å². The molecule has 1 aromatic carbocycles. The van der Waals surface area contributed by atoms with Crippen molar-refractivity contribution in [3.05, 3.63) is 71.4 Å². The summed E-state index contributed by atoms with van der Waals surface area (Å²) in [7, 11) is 0. The summed E-state index contributed by atoms with van der Waals surface area (Å²) >= 11 is 1.85. The molecule has 3 nitrogen and oxygen atoms in total. The Hall–Kier alpha value is -2.01. The minimum Gasteiger partial charge on any atom is -0.392 e. The molecule has 3 aromatic rings. The van der Waals surface area contributed by atoms with E-state index in [0.717, 1.165) is 57.4 Å². The van der Waals surface area contributed by atoms with Gasteiger partial charge in [-0.1, -0.05) is 56.5 Å². The lowest BCUT2D eigenvalue weighted by molar-refractivity contribution is -0.000267. The molecule has 1 saturated carbocycles. The molecule has 2 unspecified atom stereocenters. The number of aliphatic hydroxyl groups excluding tert-OH is 1. The zero-order chi connectivity index (χ0) is 23.4. The summed E-state index contributed by atoms with van der Waals surface area (Å²) < 4.78 is 1.41. The third-order valence-corrected chi connectivity index (χ3v) is 9.42. The van der Waals surface area contributed by atoms with Crippen molar-refractivity contribution in [3.8, 4) is 0 Å².